The van der Waals surface area contributed by atoms with Crippen LogP contribution in [0.5, 0.6) is 0 Å². The van der Waals surface area contributed by atoms with Gasteiger partial charge in [-0.2, -0.15) is 0 Å². The third kappa shape index (κ3) is 2.90. The van der Waals surface area contributed by atoms with Crippen molar-refractivity contribution >= 4 is 39.2 Å². The number of urea groups is 1. The van der Waals surface area contributed by atoms with Gasteiger partial charge in [0.25, 0.3) is 0 Å². The number of halogens is 2. The van der Waals surface area contributed by atoms with Gasteiger partial charge in [-0.25, -0.2) is 4.79 Å². The molecule has 0 saturated carbocycles. The molecule has 0 atom stereocenters. The lowest BCUT2D eigenvalue weighted by Gasteiger charge is -2.06. The Hall–Kier alpha value is -0.740. The molecule has 0 fully saturated rings. The predicted molar refractivity (Wildman–Crippen MR) is 57.2 cm³/mol. The zero-order valence-electron chi connectivity index (χ0n) is 6.90. The van der Waals surface area contributed by atoms with E-state index in [4.69, 9.17) is 11.6 Å². The molecule has 1 aromatic carbocycles. The van der Waals surface area contributed by atoms with E-state index in [1.54, 1.807) is 25.2 Å². The molecule has 0 saturated heterocycles. The van der Waals surface area contributed by atoms with Crippen molar-refractivity contribution in [3.63, 3.8) is 0 Å². The summed E-state index contributed by atoms with van der Waals surface area (Å²) in [6.45, 7) is 0. The Labute approximate surface area is 89.6 Å². The van der Waals surface area contributed by atoms with Gasteiger partial charge in [-0.05, 0) is 18.2 Å². The molecule has 70 valence electrons. The van der Waals surface area contributed by atoms with E-state index < -0.39 is 0 Å². The Morgan fingerprint density at radius 1 is 1.54 bits per heavy atom. The lowest BCUT2D eigenvalue weighted by atomic mass is 10.3. The number of amides is 2. The zero-order valence-corrected chi connectivity index (χ0v) is 9.24. The summed E-state index contributed by atoms with van der Waals surface area (Å²) in [7, 11) is 1.54. The third-order valence-electron chi connectivity index (χ3n) is 1.40. The highest BCUT2D eigenvalue weighted by Crippen LogP contribution is 2.25. The van der Waals surface area contributed by atoms with Gasteiger partial charge < -0.3 is 10.6 Å². The van der Waals surface area contributed by atoms with Crippen LogP contribution in [0.1, 0.15) is 0 Å². The number of hydrogen-bond donors (Lipinski definition) is 2. The fourth-order valence-electron chi connectivity index (χ4n) is 0.778. The Morgan fingerprint density at radius 3 is 2.85 bits per heavy atom. The Balaban J connectivity index is 2.87. The maximum atomic E-state index is 10.9. The van der Waals surface area contributed by atoms with Gasteiger partial charge in [-0.3, -0.25) is 0 Å². The first-order valence-corrected chi connectivity index (χ1v) is 4.74. The van der Waals surface area contributed by atoms with Gasteiger partial charge in [0, 0.05) is 11.5 Å². The highest BCUT2D eigenvalue weighted by atomic mass is 79.9. The van der Waals surface area contributed by atoms with E-state index in [-0.39, 0.29) is 6.03 Å². The number of rotatable bonds is 1. The molecule has 1 rings (SSSR count). The van der Waals surface area contributed by atoms with Crippen molar-refractivity contribution < 1.29 is 4.79 Å². The summed E-state index contributed by atoms with van der Waals surface area (Å²) < 4.78 is 0.864. The van der Waals surface area contributed by atoms with E-state index in [2.05, 4.69) is 26.6 Å². The molecule has 0 aliphatic carbocycles. The van der Waals surface area contributed by atoms with Crippen molar-refractivity contribution in [3.05, 3.63) is 27.7 Å². The maximum absolute atomic E-state index is 10.9. The molecule has 2 N–H and O–H groups in total. The predicted octanol–water partition coefficient (Wildman–Crippen LogP) is 2.85. The number of anilines is 1. The quantitative estimate of drug-likeness (QED) is 0.804. The number of benzene rings is 1. The van der Waals surface area contributed by atoms with Crippen LogP contribution in [0, 0.1) is 0 Å². The maximum Gasteiger partial charge on any atom is 0.319 e. The molecule has 2 amide bonds. The summed E-state index contributed by atoms with van der Waals surface area (Å²) in [6.07, 6.45) is 0. The lowest BCUT2D eigenvalue weighted by Crippen LogP contribution is -2.24. The number of nitrogens with one attached hydrogen (secondary N) is 2. The minimum atomic E-state index is -0.292. The summed E-state index contributed by atoms with van der Waals surface area (Å²) in [6, 6.07) is 4.95. The van der Waals surface area contributed by atoms with E-state index in [1.807, 2.05) is 0 Å². The number of hydrogen-bond acceptors (Lipinski definition) is 1. The zero-order chi connectivity index (χ0) is 9.84. The largest absolute Gasteiger partial charge is 0.341 e. The first kappa shape index (κ1) is 10.3. The van der Waals surface area contributed by atoms with Gasteiger partial charge in [0.1, 0.15) is 0 Å². The average Bonchev–Trinajstić information content (AvgIpc) is 2.11. The third-order valence-corrected chi connectivity index (χ3v) is 2.23. The van der Waals surface area contributed by atoms with Crippen LogP contribution in [0.25, 0.3) is 0 Å². The summed E-state index contributed by atoms with van der Waals surface area (Å²) in [4.78, 5) is 10.9. The second kappa shape index (κ2) is 4.48. The van der Waals surface area contributed by atoms with Crippen LogP contribution >= 0.6 is 27.5 Å². The average molecular weight is 264 g/mol. The number of carbonyl (C=O) groups excluding carboxylic acids is 1. The Morgan fingerprint density at radius 2 is 2.23 bits per heavy atom. The van der Waals surface area contributed by atoms with Gasteiger partial charge >= 0.3 is 6.03 Å². The standard InChI is InChI=1S/C8H8BrClN2O/c1-11-8(13)12-7-4-5(9)2-3-6(7)10/h2-4H,1H3,(H2,11,12,13). The molecule has 13 heavy (non-hydrogen) atoms. The van der Waals surface area contributed by atoms with Crippen LogP contribution in [0.2, 0.25) is 5.02 Å². The van der Waals surface area contributed by atoms with Crippen molar-refractivity contribution in [3.8, 4) is 0 Å². The van der Waals surface area contributed by atoms with Crippen molar-refractivity contribution in [2.75, 3.05) is 12.4 Å². The van der Waals surface area contributed by atoms with E-state index >= 15 is 0 Å². The fraction of sp³-hybridized carbons (Fsp3) is 0.125. The van der Waals surface area contributed by atoms with Crippen molar-refractivity contribution in [2.45, 2.75) is 0 Å². The fourth-order valence-corrected chi connectivity index (χ4v) is 1.30. The van der Waals surface area contributed by atoms with E-state index in [1.165, 1.54) is 0 Å². The molecule has 0 unspecified atom stereocenters. The smallest absolute Gasteiger partial charge is 0.319 e. The second-order valence-electron chi connectivity index (χ2n) is 2.33. The van der Waals surface area contributed by atoms with Gasteiger partial charge in [0.2, 0.25) is 0 Å². The van der Waals surface area contributed by atoms with Crippen molar-refractivity contribution in [2.24, 2.45) is 0 Å². The lowest BCUT2D eigenvalue weighted by molar-refractivity contribution is 0.254. The van der Waals surface area contributed by atoms with Crippen LogP contribution in [0.3, 0.4) is 0 Å². The van der Waals surface area contributed by atoms with Crippen molar-refractivity contribution in [1.82, 2.24) is 5.32 Å². The van der Waals surface area contributed by atoms with E-state index in [9.17, 15) is 4.79 Å². The molecule has 3 nitrogen and oxygen atoms in total. The molecule has 0 spiro atoms. The van der Waals surface area contributed by atoms with E-state index in [0.717, 1.165) is 4.47 Å². The second-order valence-corrected chi connectivity index (χ2v) is 3.65. The van der Waals surface area contributed by atoms with Crippen LogP contribution in [0.4, 0.5) is 10.5 Å². The van der Waals surface area contributed by atoms with E-state index in [0.29, 0.717) is 10.7 Å². The van der Waals surface area contributed by atoms with Gasteiger partial charge in [0.05, 0.1) is 10.7 Å². The first-order chi connectivity index (χ1) is 6.13. The van der Waals surface area contributed by atoms with Crippen LogP contribution in [-0.4, -0.2) is 13.1 Å². The summed E-state index contributed by atoms with van der Waals surface area (Å²) in [5, 5.41) is 5.53. The van der Waals surface area contributed by atoms with Crippen LogP contribution in [-0.2, 0) is 0 Å². The molecule has 0 bridgehead atoms. The van der Waals surface area contributed by atoms with Crippen LogP contribution < -0.4 is 10.6 Å². The molecule has 0 aliphatic heterocycles. The molecular formula is C8H8BrClN2O. The van der Waals surface area contributed by atoms with Crippen LogP contribution in [0.15, 0.2) is 22.7 Å². The Bertz CT molecular complexity index is 330. The highest BCUT2D eigenvalue weighted by Gasteiger charge is 2.03. The number of carbonyl (C=O) groups is 1. The molecule has 0 aromatic heterocycles. The SMILES string of the molecule is CNC(=O)Nc1cc(Br)ccc1Cl. The molecule has 0 radical (unpaired) electrons. The minimum absolute atomic E-state index is 0.292. The summed E-state index contributed by atoms with van der Waals surface area (Å²) >= 11 is 9.11. The highest BCUT2D eigenvalue weighted by molar-refractivity contribution is 9.10. The minimum Gasteiger partial charge on any atom is -0.341 e. The monoisotopic (exact) mass is 262 g/mol. The summed E-state index contributed by atoms with van der Waals surface area (Å²) in [5.74, 6) is 0. The topological polar surface area (TPSA) is 41.1 Å². The summed E-state index contributed by atoms with van der Waals surface area (Å²) in [5.41, 5.74) is 0.579. The molecule has 5 heteroatoms. The van der Waals surface area contributed by atoms with Crippen molar-refractivity contribution in [1.29, 1.82) is 0 Å². The van der Waals surface area contributed by atoms with Gasteiger partial charge in [-0.1, -0.05) is 27.5 Å². The molecule has 0 aliphatic rings. The normalized spacial score (nSPS) is 9.46. The molecule has 1 aromatic rings. The molecule has 0 heterocycles. The van der Waals surface area contributed by atoms with Gasteiger partial charge in [0.15, 0.2) is 0 Å². The van der Waals surface area contributed by atoms with Gasteiger partial charge in [-0.15, -0.1) is 0 Å². The molecular weight excluding hydrogens is 255 g/mol. The Kier molecular flexibility index (Phi) is 3.57. The first-order valence-electron chi connectivity index (χ1n) is 3.57.